The molecule has 0 aliphatic heterocycles. The second-order valence-electron chi connectivity index (χ2n) is 6.20. The number of hydrogen-bond acceptors (Lipinski definition) is 5. The molecule has 1 aliphatic rings. The van der Waals surface area contributed by atoms with E-state index in [2.05, 4.69) is 5.16 Å². The van der Waals surface area contributed by atoms with E-state index in [1.165, 1.54) is 6.92 Å². The van der Waals surface area contributed by atoms with Crippen molar-refractivity contribution in [3.05, 3.63) is 17.5 Å². The van der Waals surface area contributed by atoms with Gasteiger partial charge in [-0.25, -0.2) is 0 Å². The van der Waals surface area contributed by atoms with E-state index in [0.717, 1.165) is 17.9 Å². The molecule has 1 heterocycles. The molecular formula is C16H25N3O4. The normalized spacial score (nSPS) is 23.8. The Morgan fingerprint density at radius 2 is 2.09 bits per heavy atom. The van der Waals surface area contributed by atoms with Gasteiger partial charge in [-0.05, 0) is 19.8 Å². The maximum absolute atomic E-state index is 12.7. The van der Waals surface area contributed by atoms with E-state index in [4.69, 9.17) is 9.26 Å². The summed E-state index contributed by atoms with van der Waals surface area (Å²) < 4.78 is 10.6. The number of rotatable bonds is 5. The predicted molar refractivity (Wildman–Crippen MR) is 83.5 cm³/mol. The highest BCUT2D eigenvalue weighted by Gasteiger charge is 2.44. The van der Waals surface area contributed by atoms with Crippen LogP contribution in [0.5, 0.6) is 0 Å². The van der Waals surface area contributed by atoms with Gasteiger partial charge in [0.05, 0.1) is 24.6 Å². The molecule has 2 amide bonds. The minimum atomic E-state index is -0.280. The summed E-state index contributed by atoms with van der Waals surface area (Å²) in [6, 6.07) is 1.76. The van der Waals surface area contributed by atoms with Crippen molar-refractivity contribution in [3.8, 4) is 0 Å². The van der Waals surface area contributed by atoms with Crippen molar-refractivity contribution < 1.29 is 18.8 Å². The number of ether oxygens (including phenoxy) is 1. The van der Waals surface area contributed by atoms with Gasteiger partial charge < -0.3 is 19.1 Å². The molecule has 1 saturated carbocycles. The van der Waals surface area contributed by atoms with Crippen molar-refractivity contribution in [1.82, 2.24) is 15.0 Å². The number of likely N-dealkylation sites (N-methyl/N-ethyl adjacent to an activating group) is 1. The number of aryl methyl sites for hydroxylation is 1. The summed E-state index contributed by atoms with van der Waals surface area (Å²) >= 11 is 0. The molecule has 0 saturated heterocycles. The van der Waals surface area contributed by atoms with E-state index >= 15 is 0 Å². The van der Waals surface area contributed by atoms with Crippen LogP contribution < -0.4 is 0 Å². The number of methoxy groups -OCH3 is 1. The predicted octanol–water partition coefficient (Wildman–Crippen LogP) is 1.21. The number of carbonyl (C=O) groups is 2. The molecule has 0 bridgehead atoms. The van der Waals surface area contributed by atoms with Crippen LogP contribution in [0.25, 0.3) is 0 Å². The fourth-order valence-corrected chi connectivity index (χ4v) is 3.28. The third-order valence-electron chi connectivity index (χ3n) is 4.58. The molecule has 0 N–H and O–H groups in total. The average Bonchev–Trinajstić information content (AvgIpc) is 3.11. The van der Waals surface area contributed by atoms with Crippen LogP contribution in [0.4, 0.5) is 0 Å². The third-order valence-corrected chi connectivity index (χ3v) is 4.58. The molecule has 2 rings (SSSR count). The molecule has 0 spiro atoms. The maximum atomic E-state index is 12.7. The summed E-state index contributed by atoms with van der Waals surface area (Å²) in [7, 11) is 5.10. The second kappa shape index (κ2) is 7.12. The van der Waals surface area contributed by atoms with Gasteiger partial charge in [0.15, 0.2) is 0 Å². The second-order valence-corrected chi connectivity index (χ2v) is 6.20. The van der Waals surface area contributed by atoms with Crippen molar-refractivity contribution in [2.75, 3.05) is 21.2 Å². The molecule has 1 fully saturated rings. The lowest BCUT2D eigenvalue weighted by atomic mass is 10.0. The van der Waals surface area contributed by atoms with Crippen molar-refractivity contribution >= 4 is 11.8 Å². The van der Waals surface area contributed by atoms with Crippen molar-refractivity contribution in [3.63, 3.8) is 0 Å². The highest BCUT2D eigenvalue weighted by atomic mass is 16.5. The topological polar surface area (TPSA) is 75.9 Å². The summed E-state index contributed by atoms with van der Waals surface area (Å²) in [6.45, 7) is 3.75. The van der Waals surface area contributed by atoms with Gasteiger partial charge in [0.1, 0.15) is 11.5 Å². The Bertz CT molecular complexity index is 571. The van der Waals surface area contributed by atoms with E-state index in [9.17, 15) is 9.59 Å². The monoisotopic (exact) mass is 323 g/mol. The lowest BCUT2D eigenvalue weighted by Gasteiger charge is -2.31. The lowest BCUT2D eigenvalue weighted by Crippen LogP contribution is -2.46. The first-order chi connectivity index (χ1) is 10.8. The molecule has 0 unspecified atom stereocenters. The van der Waals surface area contributed by atoms with E-state index in [0.29, 0.717) is 13.0 Å². The summed E-state index contributed by atoms with van der Waals surface area (Å²) in [5.74, 6) is 0.470. The molecule has 7 heteroatoms. The number of nitrogens with zero attached hydrogens (tertiary/aromatic N) is 3. The number of aromatic nitrogens is 1. The van der Waals surface area contributed by atoms with Crippen LogP contribution in [0.15, 0.2) is 10.6 Å². The molecule has 7 nitrogen and oxygen atoms in total. The van der Waals surface area contributed by atoms with Crippen molar-refractivity contribution in [2.24, 2.45) is 5.92 Å². The van der Waals surface area contributed by atoms with E-state index < -0.39 is 0 Å². The molecule has 1 aromatic heterocycles. The minimum Gasteiger partial charge on any atom is -0.378 e. The Labute approximate surface area is 136 Å². The summed E-state index contributed by atoms with van der Waals surface area (Å²) in [4.78, 5) is 27.7. The quantitative estimate of drug-likeness (QED) is 0.814. The molecule has 0 aromatic carbocycles. The number of carbonyl (C=O) groups excluding carboxylic acids is 2. The zero-order valence-electron chi connectivity index (χ0n) is 14.4. The van der Waals surface area contributed by atoms with Crippen LogP contribution in [0.1, 0.15) is 31.2 Å². The highest BCUT2D eigenvalue weighted by molar-refractivity contribution is 5.80. The zero-order valence-corrected chi connectivity index (χ0v) is 14.4. The smallest absolute Gasteiger partial charge is 0.228 e. The maximum Gasteiger partial charge on any atom is 0.228 e. The van der Waals surface area contributed by atoms with Crippen LogP contribution >= 0.6 is 0 Å². The standard InChI is InChI=1S/C16H25N3O4/c1-10-8-12(17-23-10)9-18(3)16(21)13-6-7-14(15(13)22-5)19(4)11(2)20/h8,13-15H,6-7,9H2,1-5H3/t13-,14-,15+/m1/s1. The molecular weight excluding hydrogens is 298 g/mol. The van der Waals surface area contributed by atoms with Crippen LogP contribution in [0, 0.1) is 12.8 Å². The van der Waals surface area contributed by atoms with E-state index in [-0.39, 0.29) is 29.9 Å². The van der Waals surface area contributed by atoms with Gasteiger partial charge in [-0.15, -0.1) is 0 Å². The summed E-state index contributed by atoms with van der Waals surface area (Å²) in [5, 5.41) is 3.92. The molecule has 1 aromatic rings. The Balaban J connectivity index is 2.04. The van der Waals surface area contributed by atoms with Crippen LogP contribution in [-0.2, 0) is 20.9 Å². The molecule has 1 aliphatic carbocycles. The Hall–Kier alpha value is -1.89. The van der Waals surface area contributed by atoms with Gasteiger partial charge in [-0.1, -0.05) is 5.16 Å². The number of hydrogen-bond donors (Lipinski definition) is 0. The first kappa shape index (κ1) is 17.5. The number of amides is 2. The van der Waals surface area contributed by atoms with Crippen LogP contribution in [-0.4, -0.2) is 60.1 Å². The van der Waals surface area contributed by atoms with Gasteiger partial charge in [-0.2, -0.15) is 0 Å². The Morgan fingerprint density at radius 1 is 1.39 bits per heavy atom. The van der Waals surface area contributed by atoms with Gasteiger partial charge in [0, 0.05) is 34.2 Å². The average molecular weight is 323 g/mol. The first-order valence-electron chi connectivity index (χ1n) is 7.78. The zero-order chi connectivity index (χ0) is 17.1. The first-order valence-corrected chi connectivity index (χ1v) is 7.78. The summed E-state index contributed by atoms with van der Waals surface area (Å²) in [6.07, 6.45) is 1.20. The SMILES string of the molecule is CO[C@@H]1[C@H](N(C)C(C)=O)CC[C@H]1C(=O)N(C)Cc1cc(C)on1. The molecule has 128 valence electrons. The fraction of sp³-hybridized carbons (Fsp3) is 0.688. The largest absolute Gasteiger partial charge is 0.378 e. The van der Waals surface area contributed by atoms with Crippen LogP contribution in [0.3, 0.4) is 0 Å². The van der Waals surface area contributed by atoms with Crippen molar-refractivity contribution in [2.45, 2.75) is 45.4 Å². The Morgan fingerprint density at radius 3 is 2.61 bits per heavy atom. The van der Waals surface area contributed by atoms with E-state index in [1.807, 2.05) is 13.0 Å². The molecule has 23 heavy (non-hydrogen) atoms. The minimum absolute atomic E-state index is 0.0111. The van der Waals surface area contributed by atoms with E-state index in [1.54, 1.807) is 31.0 Å². The van der Waals surface area contributed by atoms with Gasteiger partial charge in [0.25, 0.3) is 0 Å². The van der Waals surface area contributed by atoms with Crippen LogP contribution in [0.2, 0.25) is 0 Å². The Kier molecular flexibility index (Phi) is 5.41. The highest BCUT2D eigenvalue weighted by Crippen LogP contribution is 2.33. The molecule has 3 atom stereocenters. The summed E-state index contributed by atoms with van der Waals surface area (Å²) in [5.41, 5.74) is 0.725. The third kappa shape index (κ3) is 3.72. The lowest BCUT2D eigenvalue weighted by molar-refractivity contribution is -0.141. The molecule has 0 radical (unpaired) electrons. The van der Waals surface area contributed by atoms with Gasteiger partial charge >= 0.3 is 0 Å². The fourth-order valence-electron chi connectivity index (χ4n) is 3.28. The van der Waals surface area contributed by atoms with Gasteiger partial charge in [-0.3, -0.25) is 9.59 Å². The van der Waals surface area contributed by atoms with Gasteiger partial charge in [0.2, 0.25) is 11.8 Å². The van der Waals surface area contributed by atoms with Crippen molar-refractivity contribution in [1.29, 1.82) is 0 Å².